The molecule has 1 aromatic heterocycles. The second-order valence-electron chi connectivity index (χ2n) is 7.50. The Morgan fingerprint density at radius 2 is 2.00 bits per heavy atom. The van der Waals surface area contributed by atoms with E-state index < -0.39 is 18.3 Å². The first-order chi connectivity index (χ1) is 13.8. The van der Waals surface area contributed by atoms with Gasteiger partial charge in [0.25, 0.3) is 5.91 Å². The number of benzene rings is 1. The highest BCUT2D eigenvalue weighted by Gasteiger charge is 2.47. The summed E-state index contributed by atoms with van der Waals surface area (Å²) in [6, 6.07) is 9.74. The standard InChI is InChI=1S/C20H23F3N4O2/c1-14-11-18-26(8-7-17(20(21,22)23)27(18)24-14)19(28)16-13-25(9-10-29-16)12-15-5-3-2-4-6-15/h2-6,11,16-17H,7-10,12-13H2,1H3/t16-,17-/m0/s1. The van der Waals surface area contributed by atoms with Crippen LogP contribution < -0.4 is 4.90 Å². The molecule has 29 heavy (non-hydrogen) atoms. The summed E-state index contributed by atoms with van der Waals surface area (Å²) >= 11 is 0. The first-order valence-corrected chi connectivity index (χ1v) is 9.65. The van der Waals surface area contributed by atoms with Crippen LogP contribution in [0.2, 0.25) is 0 Å². The van der Waals surface area contributed by atoms with Crippen molar-refractivity contribution in [3.63, 3.8) is 0 Å². The molecule has 0 unspecified atom stereocenters. The molecule has 0 aliphatic carbocycles. The maximum atomic E-state index is 13.4. The lowest BCUT2D eigenvalue weighted by atomic mass is 10.1. The lowest BCUT2D eigenvalue weighted by molar-refractivity contribution is -0.173. The van der Waals surface area contributed by atoms with Crippen molar-refractivity contribution >= 4 is 11.7 Å². The molecule has 0 saturated carbocycles. The zero-order valence-corrected chi connectivity index (χ0v) is 16.1. The summed E-state index contributed by atoms with van der Waals surface area (Å²) in [7, 11) is 0. The van der Waals surface area contributed by atoms with Crippen molar-refractivity contribution in [2.45, 2.75) is 38.2 Å². The second-order valence-corrected chi connectivity index (χ2v) is 7.50. The van der Waals surface area contributed by atoms with Crippen molar-refractivity contribution in [3.05, 3.63) is 47.7 Å². The van der Waals surface area contributed by atoms with Crippen LogP contribution in [-0.4, -0.2) is 59.1 Å². The van der Waals surface area contributed by atoms with E-state index in [1.807, 2.05) is 30.3 Å². The van der Waals surface area contributed by atoms with E-state index in [9.17, 15) is 18.0 Å². The molecule has 1 fully saturated rings. The normalized spacial score (nSPS) is 23.1. The summed E-state index contributed by atoms with van der Waals surface area (Å²) in [4.78, 5) is 16.7. The van der Waals surface area contributed by atoms with Crippen molar-refractivity contribution < 1.29 is 22.7 Å². The van der Waals surface area contributed by atoms with E-state index in [-0.39, 0.29) is 24.7 Å². The number of hydrogen-bond acceptors (Lipinski definition) is 4. The Balaban J connectivity index is 1.50. The fraction of sp³-hybridized carbons (Fsp3) is 0.500. The second kappa shape index (κ2) is 7.79. The highest BCUT2D eigenvalue weighted by atomic mass is 19.4. The number of hydrogen-bond donors (Lipinski definition) is 0. The van der Waals surface area contributed by atoms with Crippen LogP contribution in [0.15, 0.2) is 36.4 Å². The van der Waals surface area contributed by atoms with Crippen molar-refractivity contribution in [2.75, 3.05) is 31.1 Å². The molecule has 1 saturated heterocycles. The number of alkyl halides is 3. The lowest BCUT2D eigenvalue weighted by Crippen LogP contribution is -2.53. The average Bonchev–Trinajstić information content (AvgIpc) is 3.08. The Kier molecular flexibility index (Phi) is 5.35. The first-order valence-electron chi connectivity index (χ1n) is 9.65. The number of anilines is 1. The lowest BCUT2D eigenvalue weighted by Gasteiger charge is -2.38. The number of nitrogens with zero attached hydrogens (tertiary/aromatic N) is 4. The SMILES string of the molecule is Cc1cc2n(n1)[C@H](C(F)(F)F)CCN2C(=O)[C@@H]1CN(Cc2ccccc2)CCO1. The molecule has 4 rings (SSSR count). The van der Waals surface area contributed by atoms with E-state index in [0.717, 1.165) is 10.2 Å². The van der Waals surface area contributed by atoms with E-state index in [4.69, 9.17) is 4.74 Å². The van der Waals surface area contributed by atoms with Gasteiger partial charge in [0.05, 0.1) is 12.3 Å². The molecule has 0 bridgehead atoms. The van der Waals surface area contributed by atoms with Gasteiger partial charge in [-0.1, -0.05) is 30.3 Å². The third-order valence-electron chi connectivity index (χ3n) is 5.35. The molecule has 2 atom stereocenters. The maximum absolute atomic E-state index is 13.4. The number of ether oxygens (including phenoxy) is 1. The van der Waals surface area contributed by atoms with Gasteiger partial charge in [0.15, 0.2) is 6.04 Å². The van der Waals surface area contributed by atoms with Gasteiger partial charge in [-0.05, 0) is 18.9 Å². The van der Waals surface area contributed by atoms with Crippen LogP contribution in [0.3, 0.4) is 0 Å². The molecule has 6 nitrogen and oxygen atoms in total. The van der Waals surface area contributed by atoms with Gasteiger partial charge < -0.3 is 4.74 Å². The van der Waals surface area contributed by atoms with E-state index >= 15 is 0 Å². The van der Waals surface area contributed by atoms with Gasteiger partial charge in [-0.15, -0.1) is 0 Å². The fourth-order valence-corrected chi connectivity index (χ4v) is 3.96. The number of halogens is 3. The minimum Gasteiger partial charge on any atom is -0.366 e. The number of amides is 1. The molecular formula is C20H23F3N4O2. The van der Waals surface area contributed by atoms with Crippen molar-refractivity contribution in [1.29, 1.82) is 0 Å². The summed E-state index contributed by atoms with van der Waals surface area (Å²) in [6.45, 7) is 3.82. The summed E-state index contributed by atoms with van der Waals surface area (Å²) in [5, 5.41) is 4.00. The van der Waals surface area contributed by atoms with Gasteiger partial charge in [0.2, 0.25) is 0 Å². The number of aryl methyl sites for hydroxylation is 1. The number of aromatic nitrogens is 2. The summed E-state index contributed by atoms with van der Waals surface area (Å²) in [5.74, 6) is -0.130. The molecule has 2 aliphatic heterocycles. The van der Waals surface area contributed by atoms with Crippen LogP contribution in [0.1, 0.15) is 23.7 Å². The third-order valence-corrected chi connectivity index (χ3v) is 5.35. The predicted octanol–water partition coefficient (Wildman–Crippen LogP) is 2.93. The van der Waals surface area contributed by atoms with Gasteiger partial charge >= 0.3 is 6.18 Å². The largest absolute Gasteiger partial charge is 0.410 e. The van der Waals surface area contributed by atoms with E-state index in [1.165, 1.54) is 11.0 Å². The van der Waals surface area contributed by atoms with Gasteiger partial charge in [0.1, 0.15) is 11.9 Å². The summed E-state index contributed by atoms with van der Waals surface area (Å²) in [5.41, 5.74) is 1.59. The summed E-state index contributed by atoms with van der Waals surface area (Å²) < 4.78 is 46.7. The molecule has 2 aliphatic rings. The maximum Gasteiger partial charge on any atom is 0.410 e. The van der Waals surface area contributed by atoms with Crippen LogP contribution in [0.25, 0.3) is 0 Å². The van der Waals surface area contributed by atoms with Gasteiger partial charge in [-0.3, -0.25) is 14.6 Å². The van der Waals surface area contributed by atoms with Gasteiger partial charge in [-0.2, -0.15) is 18.3 Å². The van der Waals surface area contributed by atoms with Crippen molar-refractivity contribution in [2.24, 2.45) is 0 Å². The minimum absolute atomic E-state index is 0.00725. The van der Waals surface area contributed by atoms with E-state index in [1.54, 1.807) is 6.92 Å². The molecule has 0 spiro atoms. The zero-order valence-electron chi connectivity index (χ0n) is 16.1. The molecule has 3 heterocycles. The fourth-order valence-electron chi connectivity index (χ4n) is 3.96. The van der Waals surface area contributed by atoms with Crippen molar-refractivity contribution in [3.8, 4) is 0 Å². The zero-order chi connectivity index (χ0) is 20.6. The van der Waals surface area contributed by atoms with Crippen LogP contribution in [-0.2, 0) is 16.1 Å². The van der Waals surface area contributed by atoms with Crippen molar-refractivity contribution in [1.82, 2.24) is 14.7 Å². The van der Waals surface area contributed by atoms with Crippen LogP contribution in [0, 0.1) is 6.92 Å². The quantitative estimate of drug-likeness (QED) is 0.784. The van der Waals surface area contributed by atoms with Gasteiger partial charge in [0, 0.05) is 32.2 Å². The Morgan fingerprint density at radius 1 is 1.24 bits per heavy atom. The average molecular weight is 408 g/mol. The Labute approximate surface area is 166 Å². The molecule has 0 radical (unpaired) electrons. The van der Waals surface area contributed by atoms with Crippen LogP contribution >= 0.6 is 0 Å². The van der Waals surface area contributed by atoms with Crippen LogP contribution in [0.4, 0.5) is 19.0 Å². The highest BCUT2D eigenvalue weighted by Crippen LogP contribution is 2.39. The molecule has 9 heteroatoms. The number of carbonyl (C=O) groups excluding carboxylic acids is 1. The molecule has 156 valence electrons. The smallest absolute Gasteiger partial charge is 0.366 e. The minimum atomic E-state index is -4.41. The molecule has 0 N–H and O–H groups in total. The van der Waals surface area contributed by atoms with E-state index in [0.29, 0.717) is 31.9 Å². The summed E-state index contributed by atoms with van der Waals surface area (Å²) in [6.07, 6.45) is -5.33. The Bertz CT molecular complexity index is 868. The topological polar surface area (TPSA) is 50.6 Å². The Hall–Kier alpha value is -2.39. The number of rotatable bonds is 3. The number of morpholine rings is 1. The van der Waals surface area contributed by atoms with E-state index in [2.05, 4.69) is 10.00 Å². The van der Waals surface area contributed by atoms with Gasteiger partial charge in [-0.25, -0.2) is 4.68 Å². The number of carbonyl (C=O) groups is 1. The predicted molar refractivity (Wildman–Crippen MR) is 100 cm³/mol. The third kappa shape index (κ3) is 4.16. The molecule has 1 amide bonds. The Morgan fingerprint density at radius 3 is 2.72 bits per heavy atom. The monoisotopic (exact) mass is 408 g/mol. The molecule has 1 aromatic carbocycles. The highest BCUT2D eigenvalue weighted by molar-refractivity contribution is 5.96. The molecular weight excluding hydrogens is 385 g/mol. The molecule has 2 aromatic rings. The number of fused-ring (bicyclic) bond motifs is 1. The first kappa shape index (κ1) is 19.9. The van der Waals surface area contributed by atoms with Crippen LogP contribution in [0.5, 0.6) is 0 Å².